The van der Waals surface area contributed by atoms with Gasteiger partial charge in [-0.15, -0.1) is 0 Å². The molecule has 2 unspecified atom stereocenters. The third kappa shape index (κ3) is 5.73. The molecule has 7 nitrogen and oxygen atoms in total. The van der Waals surface area contributed by atoms with Gasteiger partial charge in [0.15, 0.2) is 0 Å². The molecule has 0 aliphatic rings. The summed E-state index contributed by atoms with van der Waals surface area (Å²) in [5.74, 6) is 0. The van der Waals surface area contributed by atoms with E-state index in [1.165, 1.54) is 18.2 Å². The van der Waals surface area contributed by atoms with Gasteiger partial charge in [0.2, 0.25) is 0 Å². The smallest absolute Gasteiger partial charge is 0.407 e. The molecule has 1 amide bonds. The zero-order valence-electron chi connectivity index (χ0n) is 14.6. The standard InChI is InChI=1S/C20H21NO6/c22-11-15-7-4-8-16(12-23)18(15)19(25)17(24)9-10-21-20(26)27-13-14-5-2-1-3-6-14/h1-8,11-12,17,19,24-25H,9-10,13H2,(H,21,26). The normalized spacial score (nSPS) is 12.7. The summed E-state index contributed by atoms with van der Waals surface area (Å²) < 4.78 is 5.04. The molecule has 7 heteroatoms. The van der Waals surface area contributed by atoms with Crippen LogP contribution >= 0.6 is 0 Å². The number of hydrogen-bond acceptors (Lipinski definition) is 6. The fourth-order valence-electron chi connectivity index (χ4n) is 2.60. The molecule has 0 spiro atoms. The molecule has 0 saturated carbocycles. The molecule has 3 N–H and O–H groups in total. The lowest BCUT2D eigenvalue weighted by molar-refractivity contribution is 0.0130. The predicted molar refractivity (Wildman–Crippen MR) is 97.4 cm³/mol. The maximum atomic E-state index is 11.7. The summed E-state index contributed by atoms with van der Waals surface area (Å²) in [6, 6.07) is 13.6. The number of aldehydes is 2. The Morgan fingerprint density at radius 3 is 2.22 bits per heavy atom. The minimum Gasteiger partial charge on any atom is -0.445 e. The van der Waals surface area contributed by atoms with Gasteiger partial charge in [-0.25, -0.2) is 4.79 Å². The van der Waals surface area contributed by atoms with E-state index in [1.807, 2.05) is 30.3 Å². The highest BCUT2D eigenvalue weighted by Gasteiger charge is 2.23. The molecule has 142 valence electrons. The van der Waals surface area contributed by atoms with Crippen molar-refractivity contribution in [2.24, 2.45) is 0 Å². The average Bonchev–Trinajstić information content (AvgIpc) is 2.71. The van der Waals surface area contributed by atoms with E-state index in [0.29, 0.717) is 12.6 Å². The van der Waals surface area contributed by atoms with E-state index in [1.54, 1.807) is 0 Å². The van der Waals surface area contributed by atoms with Crippen LogP contribution in [0.1, 0.15) is 44.4 Å². The minimum absolute atomic E-state index is 0.00704. The van der Waals surface area contributed by atoms with Crippen LogP contribution in [0.3, 0.4) is 0 Å². The van der Waals surface area contributed by atoms with Gasteiger partial charge in [-0.1, -0.05) is 48.5 Å². The first-order valence-corrected chi connectivity index (χ1v) is 8.40. The zero-order chi connectivity index (χ0) is 19.6. The molecular weight excluding hydrogens is 350 g/mol. The van der Waals surface area contributed by atoms with Crippen LogP contribution < -0.4 is 5.32 Å². The Labute approximate surface area is 156 Å². The molecular formula is C20H21NO6. The van der Waals surface area contributed by atoms with Crippen LogP contribution in [0.15, 0.2) is 48.5 Å². The van der Waals surface area contributed by atoms with Crippen molar-refractivity contribution in [2.75, 3.05) is 6.54 Å². The van der Waals surface area contributed by atoms with Gasteiger partial charge < -0.3 is 20.3 Å². The van der Waals surface area contributed by atoms with Crippen LogP contribution in [0.5, 0.6) is 0 Å². The summed E-state index contributed by atoms with van der Waals surface area (Å²) in [5, 5.41) is 23.0. The van der Waals surface area contributed by atoms with E-state index in [0.717, 1.165) is 5.56 Å². The Bertz CT molecular complexity index is 751. The van der Waals surface area contributed by atoms with Gasteiger partial charge in [-0.05, 0) is 12.0 Å². The van der Waals surface area contributed by atoms with E-state index in [2.05, 4.69) is 5.32 Å². The predicted octanol–water partition coefficient (Wildman–Crippen LogP) is 2.02. The number of ether oxygens (including phenoxy) is 1. The molecule has 0 fully saturated rings. The highest BCUT2D eigenvalue weighted by atomic mass is 16.5. The van der Waals surface area contributed by atoms with E-state index < -0.39 is 18.3 Å². The highest BCUT2D eigenvalue weighted by molar-refractivity contribution is 5.86. The lowest BCUT2D eigenvalue weighted by Gasteiger charge is -2.21. The van der Waals surface area contributed by atoms with Crippen LogP contribution in [0.25, 0.3) is 0 Å². The molecule has 2 rings (SSSR count). The summed E-state index contributed by atoms with van der Waals surface area (Å²) in [6.07, 6.45) is -2.34. The van der Waals surface area contributed by atoms with Crippen molar-refractivity contribution in [1.82, 2.24) is 5.32 Å². The van der Waals surface area contributed by atoms with E-state index >= 15 is 0 Å². The number of carbonyl (C=O) groups excluding carboxylic acids is 3. The van der Waals surface area contributed by atoms with Gasteiger partial charge in [-0.3, -0.25) is 9.59 Å². The maximum absolute atomic E-state index is 11.7. The maximum Gasteiger partial charge on any atom is 0.407 e. The van der Waals surface area contributed by atoms with Crippen molar-refractivity contribution in [2.45, 2.75) is 25.2 Å². The largest absolute Gasteiger partial charge is 0.445 e. The highest BCUT2D eigenvalue weighted by Crippen LogP contribution is 2.25. The van der Waals surface area contributed by atoms with Crippen molar-refractivity contribution >= 4 is 18.7 Å². The molecule has 2 aromatic carbocycles. The Kier molecular flexibility index (Phi) is 7.66. The Morgan fingerprint density at radius 2 is 1.63 bits per heavy atom. The van der Waals surface area contributed by atoms with Crippen LogP contribution in [0.4, 0.5) is 4.79 Å². The Morgan fingerprint density at radius 1 is 1.00 bits per heavy atom. The third-order valence-electron chi connectivity index (χ3n) is 4.01. The first kappa shape index (κ1) is 20.3. The lowest BCUT2D eigenvalue weighted by Crippen LogP contribution is -2.30. The van der Waals surface area contributed by atoms with Crippen LogP contribution in [-0.4, -0.2) is 41.5 Å². The summed E-state index contributed by atoms with van der Waals surface area (Å²) in [4.78, 5) is 33.9. The Balaban J connectivity index is 1.85. The topological polar surface area (TPSA) is 113 Å². The number of alkyl carbamates (subject to hydrolysis) is 1. The van der Waals surface area contributed by atoms with Crippen molar-refractivity contribution in [1.29, 1.82) is 0 Å². The zero-order valence-corrected chi connectivity index (χ0v) is 14.6. The van der Waals surface area contributed by atoms with Gasteiger partial charge in [0, 0.05) is 23.2 Å². The summed E-state index contributed by atoms with van der Waals surface area (Å²) in [7, 11) is 0. The average molecular weight is 371 g/mol. The molecule has 0 radical (unpaired) electrons. The number of nitrogens with one attached hydrogen (secondary N) is 1. The first-order chi connectivity index (χ1) is 13.1. The number of amides is 1. The van der Waals surface area contributed by atoms with Gasteiger partial charge in [0.05, 0.1) is 6.10 Å². The third-order valence-corrected chi connectivity index (χ3v) is 4.01. The number of aliphatic hydroxyl groups is 2. The van der Waals surface area contributed by atoms with Gasteiger partial charge in [0.25, 0.3) is 0 Å². The van der Waals surface area contributed by atoms with E-state index in [4.69, 9.17) is 4.74 Å². The molecule has 0 aliphatic carbocycles. The van der Waals surface area contributed by atoms with Crippen molar-refractivity contribution < 1.29 is 29.3 Å². The first-order valence-electron chi connectivity index (χ1n) is 8.40. The van der Waals surface area contributed by atoms with Crippen molar-refractivity contribution in [3.8, 4) is 0 Å². The lowest BCUT2D eigenvalue weighted by atomic mass is 9.93. The molecule has 2 atom stereocenters. The van der Waals surface area contributed by atoms with Crippen molar-refractivity contribution in [3.05, 3.63) is 70.8 Å². The van der Waals surface area contributed by atoms with Crippen LogP contribution in [0.2, 0.25) is 0 Å². The number of hydrogen-bond donors (Lipinski definition) is 3. The molecule has 0 aliphatic heterocycles. The Hall–Kier alpha value is -3.03. The van der Waals surface area contributed by atoms with Gasteiger partial charge >= 0.3 is 6.09 Å². The molecule has 0 saturated heterocycles. The van der Waals surface area contributed by atoms with Crippen LogP contribution in [-0.2, 0) is 11.3 Å². The summed E-state index contributed by atoms with van der Waals surface area (Å²) in [6.45, 7) is 0.165. The van der Waals surface area contributed by atoms with Crippen molar-refractivity contribution in [3.63, 3.8) is 0 Å². The minimum atomic E-state index is -1.44. The second kappa shape index (κ2) is 10.2. The molecule has 0 aromatic heterocycles. The second-order valence-electron chi connectivity index (χ2n) is 5.88. The monoisotopic (exact) mass is 371 g/mol. The molecule has 27 heavy (non-hydrogen) atoms. The number of benzene rings is 2. The fourth-order valence-corrected chi connectivity index (χ4v) is 2.60. The number of aliphatic hydroxyl groups excluding tert-OH is 2. The van der Waals surface area contributed by atoms with E-state index in [9.17, 15) is 24.6 Å². The van der Waals surface area contributed by atoms with Gasteiger partial charge in [-0.2, -0.15) is 0 Å². The molecule has 2 aromatic rings. The molecule has 0 heterocycles. The second-order valence-corrected chi connectivity index (χ2v) is 5.88. The summed E-state index contributed by atoms with van der Waals surface area (Å²) >= 11 is 0. The van der Waals surface area contributed by atoms with Gasteiger partial charge in [0.1, 0.15) is 25.3 Å². The fraction of sp³-hybridized carbons (Fsp3) is 0.250. The number of carbonyl (C=O) groups is 3. The SMILES string of the molecule is O=Cc1cccc(C=O)c1C(O)C(O)CCNC(=O)OCc1ccccc1. The molecule has 0 bridgehead atoms. The number of rotatable bonds is 9. The van der Waals surface area contributed by atoms with E-state index in [-0.39, 0.29) is 36.3 Å². The summed E-state index contributed by atoms with van der Waals surface area (Å²) in [5.41, 5.74) is 1.17. The van der Waals surface area contributed by atoms with Crippen LogP contribution in [0, 0.1) is 0 Å². The quantitative estimate of drug-likeness (QED) is 0.581.